The van der Waals surface area contributed by atoms with Crippen LogP contribution >= 0.6 is 0 Å². The van der Waals surface area contributed by atoms with E-state index >= 15 is 0 Å². The predicted octanol–water partition coefficient (Wildman–Crippen LogP) is 3.25. The minimum absolute atomic E-state index is 0.0798. The Kier molecular flexibility index (Phi) is 5.40. The summed E-state index contributed by atoms with van der Waals surface area (Å²) in [7, 11) is 0. The fourth-order valence-corrected chi connectivity index (χ4v) is 4.53. The van der Waals surface area contributed by atoms with Crippen LogP contribution in [0.3, 0.4) is 0 Å². The molecule has 2 aliphatic rings. The molecule has 2 fully saturated rings. The minimum atomic E-state index is -0.796. The SMILES string of the molecule is Cc1cc(-c2cncnc2)cc([C@H]2CCN(C(=O)CC3(O)CCCCC3)C2)n1. The van der Waals surface area contributed by atoms with E-state index in [4.69, 9.17) is 4.98 Å². The zero-order valence-corrected chi connectivity index (χ0v) is 16.5. The maximum atomic E-state index is 12.8. The van der Waals surface area contributed by atoms with Gasteiger partial charge in [0.2, 0.25) is 5.91 Å². The Morgan fingerprint density at radius 1 is 1.18 bits per heavy atom. The maximum Gasteiger partial charge on any atom is 0.225 e. The first kappa shape index (κ1) is 19.0. The second-order valence-corrected chi connectivity index (χ2v) is 8.34. The summed E-state index contributed by atoms with van der Waals surface area (Å²) in [6.07, 6.45) is 11.0. The third-order valence-electron chi connectivity index (χ3n) is 6.09. The Balaban J connectivity index is 1.45. The molecule has 4 rings (SSSR count). The molecule has 1 amide bonds. The number of hydrogen-bond acceptors (Lipinski definition) is 5. The molecule has 2 aromatic heterocycles. The van der Waals surface area contributed by atoms with Gasteiger partial charge in [0, 0.05) is 48.4 Å². The molecule has 1 aliphatic carbocycles. The molecule has 1 aliphatic heterocycles. The molecule has 0 unspecified atom stereocenters. The fourth-order valence-electron chi connectivity index (χ4n) is 4.53. The highest BCUT2D eigenvalue weighted by atomic mass is 16.3. The van der Waals surface area contributed by atoms with Gasteiger partial charge in [-0.25, -0.2) is 9.97 Å². The van der Waals surface area contributed by atoms with Crippen molar-refractivity contribution in [3.63, 3.8) is 0 Å². The number of amides is 1. The van der Waals surface area contributed by atoms with Crippen molar-refractivity contribution < 1.29 is 9.90 Å². The Bertz CT molecular complexity index is 834. The number of rotatable bonds is 4. The normalized spacial score (nSPS) is 21.6. The van der Waals surface area contributed by atoms with E-state index in [0.717, 1.165) is 67.6 Å². The lowest BCUT2D eigenvalue weighted by molar-refractivity contribution is -0.136. The first-order valence-electron chi connectivity index (χ1n) is 10.3. The molecular formula is C22H28N4O2. The van der Waals surface area contributed by atoms with Crippen LogP contribution in [-0.2, 0) is 4.79 Å². The lowest BCUT2D eigenvalue weighted by Gasteiger charge is -2.32. The zero-order valence-electron chi connectivity index (χ0n) is 16.5. The van der Waals surface area contributed by atoms with Crippen LogP contribution in [-0.4, -0.2) is 49.6 Å². The smallest absolute Gasteiger partial charge is 0.225 e. The number of aryl methyl sites for hydroxylation is 1. The number of aliphatic hydroxyl groups is 1. The molecule has 1 saturated heterocycles. The Morgan fingerprint density at radius 3 is 2.68 bits per heavy atom. The highest BCUT2D eigenvalue weighted by Crippen LogP contribution is 2.34. The van der Waals surface area contributed by atoms with Gasteiger partial charge in [0.05, 0.1) is 12.0 Å². The molecule has 1 N–H and O–H groups in total. The van der Waals surface area contributed by atoms with Crippen molar-refractivity contribution >= 4 is 5.91 Å². The Hall–Kier alpha value is -2.34. The Morgan fingerprint density at radius 2 is 1.93 bits per heavy atom. The number of carbonyl (C=O) groups is 1. The molecule has 0 radical (unpaired) electrons. The molecule has 6 heteroatoms. The van der Waals surface area contributed by atoms with Crippen molar-refractivity contribution in [3.05, 3.63) is 42.2 Å². The summed E-state index contributed by atoms with van der Waals surface area (Å²) in [4.78, 5) is 27.6. The monoisotopic (exact) mass is 380 g/mol. The highest BCUT2D eigenvalue weighted by molar-refractivity contribution is 5.77. The highest BCUT2D eigenvalue weighted by Gasteiger charge is 2.36. The molecule has 0 spiro atoms. The summed E-state index contributed by atoms with van der Waals surface area (Å²) < 4.78 is 0. The Labute approximate surface area is 166 Å². The third-order valence-corrected chi connectivity index (χ3v) is 6.09. The van der Waals surface area contributed by atoms with E-state index in [-0.39, 0.29) is 18.2 Å². The zero-order chi connectivity index (χ0) is 19.6. The average molecular weight is 380 g/mol. The van der Waals surface area contributed by atoms with Crippen LogP contribution in [0.1, 0.15) is 62.3 Å². The summed E-state index contributed by atoms with van der Waals surface area (Å²) in [6, 6.07) is 4.14. The van der Waals surface area contributed by atoms with Crippen LogP contribution in [0.5, 0.6) is 0 Å². The number of likely N-dealkylation sites (tertiary alicyclic amines) is 1. The molecular weight excluding hydrogens is 352 g/mol. The number of nitrogens with zero attached hydrogens (tertiary/aromatic N) is 4. The van der Waals surface area contributed by atoms with Crippen LogP contribution in [0, 0.1) is 6.92 Å². The quantitative estimate of drug-likeness (QED) is 0.881. The summed E-state index contributed by atoms with van der Waals surface area (Å²) in [5.41, 5.74) is 3.21. The molecule has 0 bridgehead atoms. The fraction of sp³-hybridized carbons (Fsp3) is 0.545. The van der Waals surface area contributed by atoms with Gasteiger partial charge in [0.25, 0.3) is 0 Å². The second-order valence-electron chi connectivity index (χ2n) is 8.34. The lowest BCUT2D eigenvalue weighted by atomic mass is 9.82. The number of aromatic nitrogens is 3. The summed E-state index contributed by atoms with van der Waals surface area (Å²) in [5, 5.41) is 10.7. The summed E-state index contributed by atoms with van der Waals surface area (Å²) >= 11 is 0. The standard InChI is InChI=1S/C22H28N4O2/c1-16-9-18(19-12-23-15-24-13-19)10-20(25-16)17-5-8-26(14-17)21(27)11-22(28)6-3-2-4-7-22/h9-10,12-13,15,17,28H,2-8,11,14H2,1H3/t17-/m0/s1. The lowest BCUT2D eigenvalue weighted by Crippen LogP contribution is -2.39. The van der Waals surface area contributed by atoms with E-state index in [1.165, 1.54) is 6.33 Å². The topological polar surface area (TPSA) is 79.2 Å². The first-order chi connectivity index (χ1) is 13.5. The van der Waals surface area contributed by atoms with Crippen molar-refractivity contribution in [2.45, 2.75) is 63.4 Å². The molecule has 28 heavy (non-hydrogen) atoms. The van der Waals surface area contributed by atoms with Gasteiger partial charge >= 0.3 is 0 Å². The van der Waals surface area contributed by atoms with E-state index in [2.05, 4.69) is 16.0 Å². The van der Waals surface area contributed by atoms with Crippen molar-refractivity contribution in [3.8, 4) is 11.1 Å². The van der Waals surface area contributed by atoms with Gasteiger partial charge in [-0.3, -0.25) is 9.78 Å². The van der Waals surface area contributed by atoms with Crippen LogP contribution in [0.15, 0.2) is 30.9 Å². The van der Waals surface area contributed by atoms with E-state index in [1.54, 1.807) is 12.4 Å². The van der Waals surface area contributed by atoms with Crippen LogP contribution in [0.4, 0.5) is 0 Å². The number of hydrogen-bond donors (Lipinski definition) is 1. The van der Waals surface area contributed by atoms with Crippen LogP contribution in [0.25, 0.3) is 11.1 Å². The average Bonchev–Trinajstić information content (AvgIpc) is 3.19. The van der Waals surface area contributed by atoms with Gasteiger partial charge in [-0.15, -0.1) is 0 Å². The van der Waals surface area contributed by atoms with Gasteiger partial charge in [0.1, 0.15) is 6.33 Å². The molecule has 148 valence electrons. The number of pyridine rings is 1. The third kappa shape index (κ3) is 4.22. The molecule has 2 aromatic rings. The van der Waals surface area contributed by atoms with Crippen LogP contribution < -0.4 is 0 Å². The van der Waals surface area contributed by atoms with Gasteiger partial charge in [-0.05, 0) is 43.9 Å². The van der Waals surface area contributed by atoms with E-state index in [1.807, 2.05) is 17.9 Å². The minimum Gasteiger partial charge on any atom is -0.389 e. The molecule has 6 nitrogen and oxygen atoms in total. The number of carbonyl (C=O) groups excluding carboxylic acids is 1. The van der Waals surface area contributed by atoms with Gasteiger partial charge in [0.15, 0.2) is 0 Å². The van der Waals surface area contributed by atoms with E-state index in [9.17, 15) is 9.90 Å². The largest absolute Gasteiger partial charge is 0.389 e. The first-order valence-corrected chi connectivity index (χ1v) is 10.3. The van der Waals surface area contributed by atoms with Crippen LogP contribution in [0.2, 0.25) is 0 Å². The van der Waals surface area contributed by atoms with Crippen molar-refractivity contribution in [1.82, 2.24) is 19.9 Å². The predicted molar refractivity (Wildman–Crippen MR) is 107 cm³/mol. The summed E-state index contributed by atoms with van der Waals surface area (Å²) in [5.74, 6) is 0.310. The van der Waals surface area contributed by atoms with Crippen molar-refractivity contribution in [1.29, 1.82) is 0 Å². The maximum absolute atomic E-state index is 12.8. The van der Waals surface area contributed by atoms with E-state index < -0.39 is 5.60 Å². The molecule has 1 atom stereocenters. The summed E-state index contributed by atoms with van der Waals surface area (Å²) in [6.45, 7) is 3.41. The molecule has 3 heterocycles. The second kappa shape index (κ2) is 7.95. The molecule has 1 saturated carbocycles. The van der Waals surface area contributed by atoms with E-state index in [0.29, 0.717) is 6.54 Å². The van der Waals surface area contributed by atoms with Gasteiger partial charge in [-0.1, -0.05) is 19.3 Å². The van der Waals surface area contributed by atoms with Gasteiger partial charge < -0.3 is 10.0 Å². The van der Waals surface area contributed by atoms with Crippen molar-refractivity contribution in [2.24, 2.45) is 0 Å². The van der Waals surface area contributed by atoms with Gasteiger partial charge in [-0.2, -0.15) is 0 Å². The van der Waals surface area contributed by atoms with Crippen molar-refractivity contribution in [2.75, 3.05) is 13.1 Å². The molecule has 0 aromatic carbocycles.